The van der Waals surface area contributed by atoms with Crippen molar-refractivity contribution in [2.75, 3.05) is 4.90 Å². The van der Waals surface area contributed by atoms with Gasteiger partial charge in [-0.1, -0.05) is 45.3 Å². The number of fused-ring (bicyclic) bond motifs is 1. The predicted octanol–water partition coefficient (Wildman–Crippen LogP) is 3.80. The van der Waals surface area contributed by atoms with Crippen LogP contribution in [0.5, 0.6) is 0 Å². The van der Waals surface area contributed by atoms with Gasteiger partial charge in [-0.05, 0) is 37.6 Å². The molecule has 0 aliphatic carbocycles. The first-order chi connectivity index (χ1) is 9.95. The van der Waals surface area contributed by atoms with Gasteiger partial charge in [0, 0.05) is 4.47 Å². The third-order valence-corrected chi connectivity index (χ3v) is 4.05. The van der Waals surface area contributed by atoms with Crippen LogP contribution in [-0.2, 0) is 11.3 Å². The van der Waals surface area contributed by atoms with Crippen LogP contribution in [0.3, 0.4) is 0 Å². The van der Waals surface area contributed by atoms with Gasteiger partial charge in [-0.15, -0.1) is 0 Å². The molecule has 1 amide bonds. The van der Waals surface area contributed by atoms with Crippen LogP contribution in [0, 0.1) is 13.8 Å². The van der Waals surface area contributed by atoms with E-state index < -0.39 is 11.7 Å². The van der Waals surface area contributed by atoms with Crippen LogP contribution < -0.4 is 4.90 Å². The fourth-order valence-corrected chi connectivity index (χ4v) is 3.12. The molecule has 0 fully saturated rings. The molecule has 0 bridgehead atoms. The second-order valence-corrected chi connectivity index (χ2v) is 6.29. The Morgan fingerprint density at radius 2 is 1.67 bits per heavy atom. The predicted molar refractivity (Wildman–Crippen MR) is 85.6 cm³/mol. The Labute approximate surface area is 131 Å². The zero-order valence-corrected chi connectivity index (χ0v) is 13.4. The number of ketones is 1. The Hall–Kier alpha value is -1.94. The zero-order chi connectivity index (χ0) is 15.1. The van der Waals surface area contributed by atoms with Crippen LogP contribution in [0.1, 0.15) is 27.0 Å². The van der Waals surface area contributed by atoms with Crippen molar-refractivity contribution in [3.63, 3.8) is 0 Å². The van der Waals surface area contributed by atoms with Crippen LogP contribution in [0.4, 0.5) is 5.69 Å². The lowest BCUT2D eigenvalue weighted by Crippen LogP contribution is -2.29. The van der Waals surface area contributed by atoms with Crippen molar-refractivity contribution in [1.29, 1.82) is 0 Å². The van der Waals surface area contributed by atoms with Crippen LogP contribution in [0.25, 0.3) is 0 Å². The van der Waals surface area contributed by atoms with Crippen molar-refractivity contribution < 1.29 is 9.59 Å². The zero-order valence-electron chi connectivity index (χ0n) is 11.8. The highest BCUT2D eigenvalue weighted by Gasteiger charge is 2.35. The number of nitrogens with zero attached hydrogens (tertiary/aromatic N) is 1. The molecule has 2 aromatic rings. The first-order valence-electron chi connectivity index (χ1n) is 6.68. The molecule has 0 saturated heterocycles. The van der Waals surface area contributed by atoms with Crippen molar-refractivity contribution >= 4 is 33.3 Å². The summed E-state index contributed by atoms with van der Waals surface area (Å²) in [6, 6.07) is 11.5. The summed E-state index contributed by atoms with van der Waals surface area (Å²) in [6.45, 7) is 4.46. The van der Waals surface area contributed by atoms with Gasteiger partial charge in [-0.3, -0.25) is 9.59 Å². The molecule has 106 valence electrons. The third kappa shape index (κ3) is 2.51. The van der Waals surface area contributed by atoms with Gasteiger partial charge >= 0.3 is 0 Å². The molecule has 21 heavy (non-hydrogen) atoms. The van der Waals surface area contributed by atoms with Crippen LogP contribution in [0.15, 0.2) is 40.9 Å². The fraction of sp³-hybridized carbons (Fsp3) is 0.176. The Bertz CT molecular complexity index is 747. The SMILES string of the molecule is Cc1cc(C)cc(CN2C(=O)C(=O)c3ccc(Br)cc32)c1. The first kappa shape index (κ1) is 14.0. The topological polar surface area (TPSA) is 37.4 Å². The molecular formula is C17H14BrNO2. The number of Topliss-reactive ketones (excluding diaryl/α,β-unsaturated/α-hetero) is 1. The second kappa shape index (κ2) is 5.11. The normalized spacial score (nSPS) is 13.8. The van der Waals surface area contributed by atoms with E-state index in [-0.39, 0.29) is 0 Å². The highest BCUT2D eigenvalue weighted by atomic mass is 79.9. The average Bonchev–Trinajstić information content (AvgIpc) is 2.62. The summed E-state index contributed by atoms with van der Waals surface area (Å²) in [5.74, 6) is -0.885. The summed E-state index contributed by atoms with van der Waals surface area (Å²) in [6.07, 6.45) is 0. The van der Waals surface area contributed by atoms with Crippen LogP contribution in [-0.4, -0.2) is 11.7 Å². The number of amides is 1. The monoisotopic (exact) mass is 343 g/mol. The summed E-state index contributed by atoms with van der Waals surface area (Å²) in [7, 11) is 0. The Morgan fingerprint density at radius 1 is 1.00 bits per heavy atom. The van der Waals surface area contributed by atoms with Crippen molar-refractivity contribution in [1.82, 2.24) is 0 Å². The highest BCUT2D eigenvalue weighted by molar-refractivity contribution is 9.10. The van der Waals surface area contributed by atoms with Crippen molar-refractivity contribution in [2.45, 2.75) is 20.4 Å². The smallest absolute Gasteiger partial charge is 0.299 e. The fourth-order valence-electron chi connectivity index (χ4n) is 2.77. The first-order valence-corrected chi connectivity index (χ1v) is 7.48. The summed E-state index contributed by atoms with van der Waals surface area (Å²) in [5, 5.41) is 0. The van der Waals surface area contributed by atoms with E-state index in [1.165, 1.54) is 0 Å². The Kier molecular flexibility index (Phi) is 3.41. The van der Waals surface area contributed by atoms with Gasteiger partial charge in [-0.25, -0.2) is 0 Å². The molecule has 0 spiro atoms. The second-order valence-electron chi connectivity index (χ2n) is 5.38. The molecule has 1 heterocycles. The lowest BCUT2D eigenvalue weighted by Gasteiger charge is -2.17. The molecule has 0 atom stereocenters. The van der Waals surface area contributed by atoms with E-state index in [2.05, 4.69) is 22.0 Å². The lowest BCUT2D eigenvalue weighted by molar-refractivity contribution is -0.114. The van der Waals surface area contributed by atoms with Gasteiger partial charge in [0.05, 0.1) is 17.8 Å². The van der Waals surface area contributed by atoms with E-state index in [0.717, 1.165) is 21.2 Å². The molecule has 0 aromatic heterocycles. The maximum Gasteiger partial charge on any atom is 0.299 e. The molecule has 4 heteroatoms. The maximum atomic E-state index is 12.2. The van der Waals surface area contributed by atoms with E-state index in [9.17, 15) is 9.59 Å². The van der Waals surface area contributed by atoms with Gasteiger partial charge < -0.3 is 4.90 Å². The third-order valence-electron chi connectivity index (χ3n) is 3.56. The molecular weight excluding hydrogens is 330 g/mol. The molecule has 1 aliphatic rings. The summed E-state index contributed by atoms with van der Waals surface area (Å²) in [5.41, 5.74) is 4.49. The largest absolute Gasteiger partial charge is 0.300 e. The van der Waals surface area contributed by atoms with E-state index >= 15 is 0 Å². The number of halogens is 1. The standard InChI is InChI=1S/C17H14BrNO2/c1-10-5-11(2)7-12(6-10)9-19-15-8-13(18)3-4-14(15)16(20)17(19)21/h3-8H,9H2,1-2H3. The van der Waals surface area contributed by atoms with Gasteiger partial charge in [-0.2, -0.15) is 0 Å². The molecule has 0 radical (unpaired) electrons. The summed E-state index contributed by atoms with van der Waals surface area (Å²) < 4.78 is 0.856. The summed E-state index contributed by atoms with van der Waals surface area (Å²) >= 11 is 3.39. The van der Waals surface area contributed by atoms with E-state index in [0.29, 0.717) is 17.8 Å². The molecule has 3 rings (SSSR count). The highest BCUT2D eigenvalue weighted by Crippen LogP contribution is 2.33. The Balaban J connectivity index is 2.01. The maximum absolute atomic E-state index is 12.2. The minimum Gasteiger partial charge on any atom is -0.300 e. The van der Waals surface area contributed by atoms with Crippen LogP contribution in [0.2, 0.25) is 0 Å². The lowest BCUT2D eigenvalue weighted by atomic mass is 10.1. The van der Waals surface area contributed by atoms with E-state index in [4.69, 9.17) is 0 Å². The number of aryl methyl sites for hydroxylation is 2. The van der Waals surface area contributed by atoms with Crippen molar-refractivity contribution in [2.24, 2.45) is 0 Å². The number of anilines is 1. The average molecular weight is 344 g/mol. The Morgan fingerprint density at radius 3 is 2.33 bits per heavy atom. The minimum atomic E-state index is -0.456. The van der Waals surface area contributed by atoms with E-state index in [1.807, 2.05) is 32.0 Å². The van der Waals surface area contributed by atoms with E-state index in [1.54, 1.807) is 17.0 Å². The van der Waals surface area contributed by atoms with Gasteiger partial charge in [0.1, 0.15) is 0 Å². The van der Waals surface area contributed by atoms with Crippen molar-refractivity contribution in [3.05, 3.63) is 63.1 Å². The van der Waals surface area contributed by atoms with Crippen LogP contribution >= 0.6 is 15.9 Å². The van der Waals surface area contributed by atoms with Crippen molar-refractivity contribution in [3.8, 4) is 0 Å². The molecule has 0 saturated carbocycles. The number of carbonyl (C=O) groups excluding carboxylic acids is 2. The molecule has 2 aromatic carbocycles. The molecule has 3 nitrogen and oxygen atoms in total. The minimum absolute atomic E-state index is 0.413. The molecule has 0 N–H and O–H groups in total. The summed E-state index contributed by atoms with van der Waals surface area (Å²) in [4.78, 5) is 25.8. The molecule has 0 unspecified atom stereocenters. The molecule has 1 aliphatic heterocycles. The quantitative estimate of drug-likeness (QED) is 0.778. The number of benzene rings is 2. The number of carbonyl (C=O) groups is 2. The van der Waals surface area contributed by atoms with Gasteiger partial charge in [0.25, 0.3) is 11.7 Å². The number of rotatable bonds is 2. The number of hydrogen-bond donors (Lipinski definition) is 0. The van der Waals surface area contributed by atoms with Gasteiger partial charge in [0.2, 0.25) is 0 Å². The van der Waals surface area contributed by atoms with Gasteiger partial charge in [0.15, 0.2) is 0 Å². The number of hydrogen-bond acceptors (Lipinski definition) is 2.